The van der Waals surface area contributed by atoms with Crippen molar-refractivity contribution in [3.8, 4) is 28.1 Å². The van der Waals surface area contributed by atoms with Crippen molar-refractivity contribution in [1.29, 1.82) is 0 Å². The number of aryl methyl sites for hydroxylation is 1. The second-order valence-corrected chi connectivity index (χ2v) is 7.70. The number of hydrogen-bond donors (Lipinski definition) is 3. The third kappa shape index (κ3) is 3.14. The van der Waals surface area contributed by atoms with Crippen molar-refractivity contribution in [1.82, 2.24) is 9.97 Å². The summed E-state index contributed by atoms with van der Waals surface area (Å²) in [5, 5.41) is 10.8. The van der Waals surface area contributed by atoms with Crippen LogP contribution >= 0.6 is 0 Å². The Kier molecular flexibility index (Phi) is 4.86. The second kappa shape index (κ2) is 7.37. The number of rotatable bonds is 5. The monoisotopic (exact) mass is 406 g/mol. The smallest absolute Gasteiger partial charge is 0.352 e. The quantitative estimate of drug-likeness (QED) is 0.374. The first-order valence-electron chi connectivity index (χ1n) is 9.73. The molecule has 0 amide bonds. The summed E-state index contributed by atoms with van der Waals surface area (Å²) in [4.78, 5) is 18.3. The van der Waals surface area contributed by atoms with Gasteiger partial charge in [0.25, 0.3) is 0 Å². The van der Waals surface area contributed by atoms with Gasteiger partial charge >= 0.3 is 5.97 Å². The zero-order valence-electron chi connectivity index (χ0n) is 17.3. The molecule has 5 nitrogen and oxygen atoms in total. The van der Waals surface area contributed by atoms with Gasteiger partial charge in [-0.1, -0.05) is 19.9 Å². The largest absolute Gasteiger partial charge is 0.497 e. The van der Waals surface area contributed by atoms with Crippen LogP contribution in [0.2, 0.25) is 0 Å². The van der Waals surface area contributed by atoms with Gasteiger partial charge in [-0.3, -0.25) is 0 Å². The molecule has 0 aliphatic heterocycles. The molecule has 0 aliphatic rings. The van der Waals surface area contributed by atoms with Crippen molar-refractivity contribution in [2.75, 3.05) is 7.11 Å². The summed E-state index contributed by atoms with van der Waals surface area (Å²) in [6, 6.07) is 10.3. The number of aromatic amines is 2. The first kappa shape index (κ1) is 19.8. The summed E-state index contributed by atoms with van der Waals surface area (Å²) in [6.07, 6.45) is 1.75. The molecule has 0 radical (unpaired) electrons. The van der Waals surface area contributed by atoms with E-state index in [0.717, 1.165) is 22.1 Å². The van der Waals surface area contributed by atoms with Crippen molar-refractivity contribution in [2.24, 2.45) is 0 Å². The van der Waals surface area contributed by atoms with Crippen LogP contribution in [0.25, 0.3) is 33.3 Å². The van der Waals surface area contributed by atoms with Crippen LogP contribution in [-0.2, 0) is 0 Å². The Bertz CT molecular complexity index is 1270. The maximum atomic E-state index is 14.4. The van der Waals surface area contributed by atoms with Gasteiger partial charge in [-0.05, 0) is 59.9 Å². The zero-order valence-corrected chi connectivity index (χ0v) is 17.3. The van der Waals surface area contributed by atoms with Crippen LogP contribution in [0, 0.1) is 12.7 Å². The molecule has 0 fully saturated rings. The van der Waals surface area contributed by atoms with Crippen LogP contribution < -0.4 is 4.74 Å². The molecule has 0 spiro atoms. The Morgan fingerprint density at radius 3 is 2.53 bits per heavy atom. The lowest BCUT2D eigenvalue weighted by Crippen LogP contribution is -2.01. The second-order valence-electron chi connectivity index (χ2n) is 7.70. The van der Waals surface area contributed by atoms with Crippen LogP contribution in [0.15, 0.2) is 42.6 Å². The number of ether oxygens (including phenoxy) is 1. The summed E-state index contributed by atoms with van der Waals surface area (Å²) >= 11 is 0. The van der Waals surface area contributed by atoms with Crippen LogP contribution in [0.4, 0.5) is 4.39 Å². The zero-order chi connectivity index (χ0) is 21.6. The van der Waals surface area contributed by atoms with E-state index in [2.05, 4.69) is 9.97 Å². The van der Waals surface area contributed by atoms with Crippen LogP contribution in [0.3, 0.4) is 0 Å². The van der Waals surface area contributed by atoms with E-state index in [1.54, 1.807) is 13.3 Å². The molecule has 0 aliphatic carbocycles. The molecule has 6 heteroatoms. The predicted octanol–water partition coefficient (Wildman–Crippen LogP) is 6.11. The van der Waals surface area contributed by atoms with Crippen molar-refractivity contribution in [3.05, 3.63) is 65.2 Å². The lowest BCUT2D eigenvalue weighted by molar-refractivity contribution is 0.0692. The van der Waals surface area contributed by atoms with E-state index in [9.17, 15) is 14.3 Å². The van der Waals surface area contributed by atoms with Crippen LogP contribution in [0.1, 0.15) is 41.4 Å². The molecular formula is C24H23FN2O3. The van der Waals surface area contributed by atoms with Gasteiger partial charge in [0.2, 0.25) is 0 Å². The number of nitrogens with one attached hydrogen (secondary N) is 2. The normalized spacial score (nSPS) is 11.4. The number of fused-ring (bicyclic) bond motifs is 1. The third-order valence-corrected chi connectivity index (χ3v) is 5.44. The van der Waals surface area contributed by atoms with Crippen LogP contribution in [0.5, 0.6) is 5.75 Å². The molecule has 0 bridgehead atoms. The van der Waals surface area contributed by atoms with Gasteiger partial charge in [-0.25, -0.2) is 9.18 Å². The van der Waals surface area contributed by atoms with Gasteiger partial charge in [0.15, 0.2) is 0 Å². The maximum absolute atomic E-state index is 14.4. The summed E-state index contributed by atoms with van der Waals surface area (Å²) < 4.78 is 19.7. The summed E-state index contributed by atoms with van der Waals surface area (Å²) in [5.74, 6) is -0.745. The fourth-order valence-electron chi connectivity index (χ4n) is 4.13. The Hall–Kier alpha value is -3.54. The maximum Gasteiger partial charge on any atom is 0.352 e. The lowest BCUT2D eigenvalue weighted by atomic mass is 9.88. The number of carboxylic acid groups (broad SMARTS) is 1. The van der Waals surface area contributed by atoms with Gasteiger partial charge in [0, 0.05) is 28.2 Å². The van der Waals surface area contributed by atoms with Crippen molar-refractivity contribution < 1.29 is 19.0 Å². The minimum Gasteiger partial charge on any atom is -0.497 e. The highest BCUT2D eigenvalue weighted by Crippen LogP contribution is 2.43. The number of aromatic carboxylic acids is 1. The summed E-state index contributed by atoms with van der Waals surface area (Å²) in [6.45, 7) is 5.94. The van der Waals surface area contributed by atoms with Crippen molar-refractivity contribution in [2.45, 2.75) is 26.7 Å². The van der Waals surface area contributed by atoms with Gasteiger partial charge in [0.05, 0.1) is 12.8 Å². The molecule has 154 valence electrons. The molecule has 30 heavy (non-hydrogen) atoms. The number of H-pyrrole nitrogens is 2. The summed E-state index contributed by atoms with van der Waals surface area (Å²) in [5.41, 5.74) is 5.18. The number of benzene rings is 2. The Morgan fingerprint density at radius 1 is 1.13 bits per heavy atom. The van der Waals surface area contributed by atoms with E-state index in [0.29, 0.717) is 28.1 Å². The highest BCUT2D eigenvalue weighted by atomic mass is 19.1. The Labute approximate surface area is 173 Å². The van der Waals surface area contributed by atoms with Crippen molar-refractivity contribution >= 4 is 16.9 Å². The lowest BCUT2D eigenvalue weighted by Gasteiger charge is -2.15. The van der Waals surface area contributed by atoms with E-state index in [-0.39, 0.29) is 17.4 Å². The molecule has 2 aromatic carbocycles. The molecular weight excluding hydrogens is 383 g/mol. The molecule has 0 atom stereocenters. The highest BCUT2D eigenvalue weighted by Gasteiger charge is 2.27. The average Bonchev–Trinajstić information content (AvgIpc) is 3.31. The number of methoxy groups -OCH3 is 1. The molecule has 4 rings (SSSR count). The molecule has 2 aromatic heterocycles. The molecule has 0 saturated heterocycles. The van der Waals surface area contributed by atoms with Gasteiger partial charge in [0.1, 0.15) is 17.3 Å². The summed E-state index contributed by atoms with van der Waals surface area (Å²) in [7, 11) is 1.59. The standard InChI is InChI=1S/C24H23FN2O3/c1-12(2)20-21(16-6-5-15(30-4)9-13(16)3)23(24(28)29)27-22(20)18-10-14(25)11-19-17(18)7-8-26-19/h5-12,26-27H,1-4H3,(H,28,29). The van der Waals surface area contributed by atoms with Crippen LogP contribution in [-0.4, -0.2) is 28.2 Å². The first-order valence-corrected chi connectivity index (χ1v) is 9.73. The van der Waals surface area contributed by atoms with E-state index >= 15 is 0 Å². The van der Waals surface area contributed by atoms with Gasteiger partial charge in [-0.2, -0.15) is 0 Å². The predicted molar refractivity (Wildman–Crippen MR) is 116 cm³/mol. The molecule has 2 heterocycles. The van der Waals surface area contributed by atoms with Crippen molar-refractivity contribution in [3.63, 3.8) is 0 Å². The van der Waals surface area contributed by atoms with E-state index in [1.807, 2.05) is 45.0 Å². The fourth-order valence-corrected chi connectivity index (χ4v) is 4.13. The fraction of sp³-hybridized carbons (Fsp3) is 0.208. The Balaban J connectivity index is 2.08. The topological polar surface area (TPSA) is 78.1 Å². The highest BCUT2D eigenvalue weighted by molar-refractivity contribution is 6.02. The minimum atomic E-state index is -1.06. The van der Waals surface area contributed by atoms with E-state index in [1.165, 1.54) is 12.1 Å². The van der Waals surface area contributed by atoms with Gasteiger partial charge < -0.3 is 19.8 Å². The van der Waals surface area contributed by atoms with Gasteiger partial charge in [-0.15, -0.1) is 0 Å². The molecule has 4 aromatic rings. The van der Waals surface area contributed by atoms with E-state index in [4.69, 9.17) is 4.74 Å². The third-order valence-electron chi connectivity index (χ3n) is 5.44. The minimum absolute atomic E-state index is 0.00175. The number of carbonyl (C=O) groups is 1. The average molecular weight is 406 g/mol. The first-order chi connectivity index (χ1) is 14.3. The number of halogens is 1. The number of aromatic nitrogens is 2. The number of hydrogen-bond acceptors (Lipinski definition) is 2. The van der Waals surface area contributed by atoms with E-state index < -0.39 is 5.97 Å². The molecule has 0 unspecified atom stereocenters. The number of carboxylic acids is 1. The Morgan fingerprint density at radius 2 is 1.90 bits per heavy atom. The SMILES string of the molecule is COc1ccc(-c2c(C(=O)O)[nH]c(-c3cc(F)cc4[nH]ccc34)c2C(C)C)c(C)c1. The molecule has 0 saturated carbocycles. The molecule has 3 N–H and O–H groups in total.